The number of Topliss-reactive ketones (excluding diaryl/α,β-unsaturated/α-hetero) is 1. The van der Waals surface area contributed by atoms with E-state index in [1.807, 2.05) is 13.8 Å². The third kappa shape index (κ3) is 5.35. The fourth-order valence-corrected chi connectivity index (χ4v) is 4.68. The van der Waals surface area contributed by atoms with Crippen LogP contribution in [0.15, 0.2) is 40.7 Å². The van der Waals surface area contributed by atoms with Crippen molar-refractivity contribution in [3.8, 4) is 11.5 Å². The summed E-state index contributed by atoms with van der Waals surface area (Å²) < 4.78 is 21.1. The van der Waals surface area contributed by atoms with E-state index in [-0.39, 0.29) is 36.2 Å². The van der Waals surface area contributed by atoms with Gasteiger partial charge in [0.1, 0.15) is 12.5 Å². The zero-order valence-corrected chi connectivity index (χ0v) is 20.8. The largest absolute Gasteiger partial charge is 0.504 e. The molecule has 0 radical (unpaired) electrons. The summed E-state index contributed by atoms with van der Waals surface area (Å²) in [5.74, 6) is -3.58. The first kappa shape index (κ1) is 26.3. The molecule has 0 saturated heterocycles. The number of ketones is 1. The second-order valence-corrected chi connectivity index (χ2v) is 8.71. The molecule has 3 rings (SSSR count). The Hall–Kier alpha value is -3.33. The van der Waals surface area contributed by atoms with Crippen LogP contribution in [0.25, 0.3) is 0 Å². The summed E-state index contributed by atoms with van der Waals surface area (Å²) in [7, 11) is 2.67. The first-order valence-electron chi connectivity index (χ1n) is 11.7. The van der Waals surface area contributed by atoms with Crippen molar-refractivity contribution in [3.05, 3.63) is 46.3 Å². The molecule has 2 aliphatic rings. The predicted molar refractivity (Wildman–Crippen MR) is 127 cm³/mol. The van der Waals surface area contributed by atoms with Crippen LogP contribution in [0, 0.1) is 11.8 Å². The molecule has 9 nitrogen and oxygen atoms in total. The van der Waals surface area contributed by atoms with E-state index in [0.717, 1.165) is 6.42 Å². The van der Waals surface area contributed by atoms with Gasteiger partial charge in [0.15, 0.2) is 17.3 Å². The highest BCUT2D eigenvalue weighted by molar-refractivity contribution is 6.12. The van der Waals surface area contributed by atoms with Crippen molar-refractivity contribution in [2.24, 2.45) is 11.8 Å². The predicted octanol–water partition coefficient (Wildman–Crippen LogP) is 2.98. The molecular weight excluding hydrogens is 454 g/mol. The number of carbonyl (C=O) groups excluding carboxylic acids is 3. The van der Waals surface area contributed by atoms with Crippen molar-refractivity contribution >= 4 is 17.7 Å². The normalized spacial score (nSPS) is 21.9. The molecule has 0 spiro atoms. The number of ether oxygens (including phenoxy) is 4. The van der Waals surface area contributed by atoms with Gasteiger partial charge in [0, 0.05) is 29.5 Å². The molecule has 0 bridgehead atoms. The third-order valence-electron chi connectivity index (χ3n) is 6.31. The molecule has 1 aromatic carbocycles. The Labute approximate surface area is 205 Å². The Morgan fingerprint density at radius 2 is 1.91 bits per heavy atom. The van der Waals surface area contributed by atoms with Crippen molar-refractivity contribution in [3.63, 3.8) is 0 Å². The minimum Gasteiger partial charge on any atom is -0.504 e. The van der Waals surface area contributed by atoms with Crippen LogP contribution in [-0.2, 0) is 28.6 Å². The number of dihydropyridines is 1. The molecule has 1 aromatic rings. The van der Waals surface area contributed by atoms with Gasteiger partial charge in [-0.1, -0.05) is 19.9 Å². The molecule has 3 atom stereocenters. The number of aromatic hydroxyl groups is 1. The van der Waals surface area contributed by atoms with Crippen molar-refractivity contribution in [1.29, 1.82) is 0 Å². The van der Waals surface area contributed by atoms with Crippen molar-refractivity contribution in [1.82, 2.24) is 5.32 Å². The topological polar surface area (TPSA) is 120 Å². The van der Waals surface area contributed by atoms with Crippen LogP contribution in [0.1, 0.15) is 45.1 Å². The Bertz CT molecular complexity index is 1060. The summed E-state index contributed by atoms with van der Waals surface area (Å²) in [6, 6.07) is 4.65. The van der Waals surface area contributed by atoms with E-state index < -0.39 is 29.6 Å². The van der Waals surface area contributed by atoms with Crippen LogP contribution in [0.3, 0.4) is 0 Å². The van der Waals surface area contributed by atoms with Gasteiger partial charge in [-0.15, -0.1) is 0 Å². The summed E-state index contributed by atoms with van der Waals surface area (Å²) in [5, 5.41) is 13.3. The quantitative estimate of drug-likeness (QED) is 0.308. The zero-order chi connectivity index (χ0) is 25.7. The monoisotopic (exact) mass is 487 g/mol. The SMILES string of the molecule is CCCOCCOC(=O)C1=C(C)NC2=C(C(=O)[C@H](C(=O)OC)[C@@H](C)C2)[C@@H]1c1ccc(O)c(OC)c1. The molecule has 0 fully saturated rings. The molecular formula is C26H33NO8. The average Bonchev–Trinajstić information content (AvgIpc) is 2.83. The number of phenolic OH excluding ortho intramolecular Hbond substituents is 1. The summed E-state index contributed by atoms with van der Waals surface area (Å²) in [6.07, 6.45) is 1.28. The molecule has 0 amide bonds. The molecule has 2 N–H and O–H groups in total. The zero-order valence-electron chi connectivity index (χ0n) is 20.8. The second kappa shape index (κ2) is 11.4. The molecule has 190 valence electrons. The van der Waals surface area contributed by atoms with E-state index in [9.17, 15) is 19.5 Å². The van der Waals surface area contributed by atoms with Crippen molar-refractivity contribution in [2.45, 2.75) is 39.5 Å². The fourth-order valence-electron chi connectivity index (χ4n) is 4.68. The smallest absolute Gasteiger partial charge is 0.336 e. The van der Waals surface area contributed by atoms with Gasteiger partial charge in [0.2, 0.25) is 0 Å². The Balaban J connectivity index is 2.07. The van der Waals surface area contributed by atoms with Crippen molar-refractivity contribution < 1.29 is 38.4 Å². The highest BCUT2D eigenvalue weighted by atomic mass is 16.6. The number of rotatable bonds is 9. The van der Waals surface area contributed by atoms with E-state index in [1.54, 1.807) is 19.1 Å². The van der Waals surface area contributed by atoms with Gasteiger partial charge in [-0.3, -0.25) is 9.59 Å². The van der Waals surface area contributed by atoms with Gasteiger partial charge in [-0.2, -0.15) is 0 Å². The highest BCUT2D eigenvalue weighted by Gasteiger charge is 2.47. The molecule has 1 heterocycles. The first-order chi connectivity index (χ1) is 16.7. The maximum Gasteiger partial charge on any atom is 0.336 e. The highest BCUT2D eigenvalue weighted by Crippen LogP contribution is 2.46. The minimum atomic E-state index is -0.986. The molecule has 35 heavy (non-hydrogen) atoms. The van der Waals surface area contributed by atoms with Crippen LogP contribution in [-0.4, -0.2) is 56.9 Å². The number of nitrogens with one attached hydrogen (secondary N) is 1. The number of phenols is 1. The maximum atomic E-state index is 13.7. The summed E-state index contributed by atoms with van der Waals surface area (Å²) in [6.45, 7) is 6.44. The Morgan fingerprint density at radius 1 is 1.17 bits per heavy atom. The number of esters is 2. The summed E-state index contributed by atoms with van der Waals surface area (Å²) in [5.41, 5.74) is 2.31. The summed E-state index contributed by atoms with van der Waals surface area (Å²) in [4.78, 5) is 39.5. The lowest BCUT2D eigenvalue weighted by Gasteiger charge is -2.38. The van der Waals surface area contributed by atoms with Crippen LogP contribution >= 0.6 is 0 Å². The molecule has 1 aliphatic heterocycles. The van der Waals surface area contributed by atoms with Gasteiger partial charge in [0.05, 0.1) is 26.4 Å². The number of hydrogen-bond acceptors (Lipinski definition) is 9. The van der Waals surface area contributed by atoms with E-state index in [4.69, 9.17) is 18.9 Å². The van der Waals surface area contributed by atoms with E-state index in [2.05, 4.69) is 5.32 Å². The molecule has 1 aliphatic carbocycles. The lowest BCUT2D eigenvalue weighted by atomic mass is 9.69. The van der Waals surface area contributed by atoms with Crippen LogP contribution < -0.4 is 10.1 Å². The number of hydrogen-bond donors (Lipinski definition) is 2. The number of benzene rings is 1. The van der Waals surface area contributed by atoms with E-state index >= 15 is 0 Å². The second-order valence-electron chi connectivity index (χ2n) is 8.71. The molecule has 0 aromatic heterocycles. The summed E-state index contributed by atoms with van der Waals surface area (Å²) >= 11 is 0. The maximum absolute atomic E-state index is 13.7. The van der Waals surface area contributed by atoms with Gasteiger partial charge < -0.3 is 29.4 Å². The standard InChI is InChI=1S/C26H33NO8/c1-6-9-34-10-11-35-26(31)21-15(3)27-17-12-14(2)20(25(30)33-5)24(29)23(17)22(21)16-7-8-18(28)19(13-16)32-4/h7-8,13-14,20,22,27-28H,6,9-12H2,1-5H3/t14-,20+,22+/m0/s1. The lowest BCUT2D eigenvalue weighted by Crippen LogP contribution is -2.43. The number of allylic oxidation sites excluding steroid dienone is 3. The van der Waals surface area contributed by atoms with Crippen LogP contribution in [0.4, 0.5) is 0 Å². The molecule has 0 unspecified atom stereocenters. The van der Waals surface area contributed by atoms with Gasteiger partial charge in [-0.25, -0.2) is 4.79 Å². The van der Waals surface area contributed by atoms with Gasteiger partial charge in [-0.05, 0) is 43.4 Å². The minimum absolute atomic E-state index is 0.0584. The van der Waals surface area contributed by atoms with Crippen molar-refractivity contribution in [2.75, 3.05) is 34.0 Å². The van der Waals surface area contributed by atoms with Crippen LogP contribution in [0.2, 0.25) is 0 Å². The van der Waals surface area contributed by atoms with E-state index in [1.165, 1.54) is 20.3 Å². The van der Waals surface area contributed by atoms with E-state index in [0.29, 0.717) is 35.6 Å². The third-order valence-corrected chi connectivity index (χ3v) is 6.31. The fraction of sp³-hybridized carbons (Fsp3) is 0.500. The average molecular weight is 488 g/mol. The first-order valence-corrected chi connectivity index (χ1v) is 11.7. The Kier molecular flexibility index (Phi) is 8.56. The van der Waals surface area contributed by atoms with Gasteiger partial charge >= 0.3 is 11.9 Å². The molecule has 0 saturated carbocycles. The van der Waals surface area contributed by atoms with Crippen LogP contribution in [0.5, 0.6) is 11.5 Å². The number of methoxy groups -OCH3 is 2. The lowest BCUT2D eigenvalue weighted by molar-refractivity contribution is -0.151. The van der Waals surface area contributed by atoms with Gasteiger partial charge in [0.25, 0.3) is 0 Å². The molecule has 9 heteroatoms. The Morgan fingerprint density at radius 3 is 2.57 bits per heavy atom. The number of carbonyl (C=O) groups is 3.